The smallest absolute Gasteiger partial charge is 0.253 e. The number of benzene rings is 2. The zero-order valence-corrected chi connectivity index (χ0v) is 15.4. The Bertz CT molecular complexity index is 825. The minimum atomic E-state index is -0.0799. The van der Waals surface area contributed by atoms with Crippen molar-refractivity contribution in [2.75, 3.05) is 23.3 Å². The minimum absolute atomic E-state index is 0.0430. The standard InChI is InChI=1S/C22H25N3O2/c26-21(14-16-6-2-1-3-7-16)23-18-10-11-20(25-12-4-5-13-25)19(15-18)22(27)24-17-8-9-17/h1-3,6-7,10-11,15,17H,4-5,8-9,12-14H2,(H,23,26)(H,24,27). The van der Waals surface area contributed by atoms with Gasteiger partial charge in [-0.2, -0.15) is 0 Å². The number of amides is 2. The predicted octanol–water partition coefficient (Wildman–Crippen LogP) is 3.36. The maximum absolute atomic E-state index is 12.8. The first-order chi connectivity index (χ1) is 13.2. The lowest BCUT2D eigenvalue weighted by molar-refractivity contribution is -0.115. The Morgan fingerprint density at radius 1 is 1.00 bits per heavy atom. The van der Waals surface area contributed by atoms with Gasteiger partial charge < -0.3 is 15.5 Å². The molecule has 2 amide bonds. The maximum atomic E-state index is 12.8. The summed E-state index contributed by atoms with van der Waals surface area (Å²) in [4.78, 5) is 27.4. The second-order valence-electron chi connectivity index (χ2n) is 7.38. The highest BCUT2D eigenvalue weighted by atomic mass is 16.2. The van der Waals surface area contributed by atoms with E-state index in [9.17, 15) is 9.59 Å². The summed E-state index contributed by atoms with van der Waals surface area (Å²) >= 11 is 0. The Morgan fingerprint density at radius 2 is 1.74 bits per heavy atom. The Kier molecular flexibility index (Phi) is 5.10. The van der Waals surface area contributed by atoms with Gasteiger partial charge in [0.2, 0.25) is 5.91 Å². The lowest BCUT2D eigenvalue weighted by Gasteiger charge is -2.22. The van der Waals surface area contributed by atoms with Crippen LogP contribution in [0, 0.1) is 0 Å². The van der Waals surface area contributed by atoms with E-state index in [1.165, 1.54) is 0 Å². The van der Waals surface area contributed by atoms with Crippen molar-refractivity contribution >= 4 is 23.2 Å². The third-order valence-electron chi connectivity index (χ3n) is 5.09. The topological polar surface area (TPSA) is 61.4 Å². The summed E-state index contributed by atoms with van der Waals surface area (Å²) in [6.07, 6.45) is 4.73. The quantitative estimate of drug-likeness (QED) is 0.827. The third-order valence-corrected chi connectivity index (χ3v) is 5.09. The van der Waals surface area contributed by atoms with Crippen molar-refractivity contribution in [3.63, 3.8) is 0 Å². The molecule has 1 saturated carbocycles. The van der Waals surface area contributed by atoms with Crippen LogP contribution in [0.2, 0.25) is 0 Å². The molecule has 0 aromatic heterocycles. The van der Waals surface area contributed by atoms with Gasteiger partial charge >= 0.3 is 0 Å². The second-order valence-corrected chi connectivity index (χ2v) is 7.38. The van der Waals surface area contributed by atoms with Crippen LogP contribution in [0.1, 0.15) is 41.6 Å². The van der Waals surface area contributed by atoms with E-state index in [1.54, 1.807) is 0 Å². The van der Waals surface area contributed by atoms with E-state index in [-0.39, 0.29) is 11.8 Å². The normalized spacial score (nSPS) is 16.2. The summed E-state index contributed by atoms with van der Waals surface area (Å²) in [6, 6.07) is 15.6. The van der Waals surface area contributed by atoms with Crippen LogP contribution in [-0.2, 0) is 11.2 Å². The van der Waals surface area contributed by atoms with Crippen LogP contribution in [0.3, 0.4) is 0 Å². The van der Waals surface area contributed by atoms with Gasteiger partial charge in [-0.3, -0.25) is 9.59 Å². The molecule has 0 radical (unpaired) electrons. The molecule has 0 spiro atoms. The molecule has 2 aromatic carbocycles. The van der Waals surface area contributed by atoms with Crippen molar-refractivity contribution in [2.24, 2.45) is 0 Å². The minimum Gasteiger partial charge on any atom is -0.371 e. The van der Waals surface area contributed by atoms with Crippen LogP contribution in [0.4, 0.5) is 11.4 Å². The first-order valence-electron chi connectivity index (χ1n) is 9.73. The zero-order chi connectivity index (χ0) is 18.6. The van der Waals surface area contributed by atoms with Gasteiger partial charge in [-0.15, -0.1) is 0 Å². The summed E-state index contributed by atoms with van der Waals surface area (Å²) in [5.74, 6) is -0.123. The number of anilines is 2. The lowest BCUT2D eigenvalue weighted by Crippen LogP contribution is -2.29. The number of carbonyl (C=O) groups excluding carboxylic acids is 2. The molecular formula is C22H25N3O2. The predicted molar refractivity (Wildman–Crippen MR) is 107 cm³/mol. The van der Waals surface area contributed by atoms with Gasteiger partial charge in [0, 0.05) is 30.5 Å². The molecule has 1 aliphatic heterocycles. The average Bonchev–Trinajstić information content (AvgIpc) is 3.31. The first-order valence-corrected chi connectivity index (χ1v) is 9.73. The molecule has 0 bridgehead atoms. The van der Waals surface area contributed by atoms with Crippen LogP contribution >= 0.6 is 0 Å². The van der Waals surface area contributed by atoms with Crippen LogP contribution in [0.15, 0.2) is 48.5 Å². The highest BCUT2D eigenvalue weighted by Crippen LogP contribution is 2.29. The lowest BCUT2D eigenvalue weighted by atomic mass is 10.1. The van der Waals surface area contributed by atoms with Crippen molar-refractivity contribution < 1.29 is 9.59 Å². The first kappa shape index (κ1) is 17.6. The van der Waals surface area contributed by atoms with Crippen molar-refractivity contribution in [2.45, 2.75) is 38.1 Å². The van der Waals surface area contributed by atoms with Gasteiger partial charge in [-0.1, -0.05) is 30.3 Å². The summed E-state index contributed by atoms with van der Waals surface area (Å²) < 4.78 is 0. The maximum Gasteiger partial charge on any atom is 0.253 e. The molecule has 1 aliphatic carbocycles. The Morgan fingerprint density at radius 3 is 2.44 bits per heavy atom. The summed E-state index contributed by atoms with van der Waals surface area (Å²) in [5, 5.41) is 6.01. The van der Waals surface area contributed by atoms with Crippen molar-refractivity contribution in [1.82, 2.24) is 5.32 Å². The molecular weight excluding hydrogens is 338 g/mol. The molecule has 0 atom stereocenters. The zero-order valence-electron chi connectivity index (χ0n) is 15.4. The highest BCUT2D eigenvalue weighted by Gasteiger charge is 2.26. The van der Waals surface area contributed by atoms with E-state index >= 15 is 0 Å². The molecule has 1 saturated heterocycles. The Balaban J connectivity index is 1.52. The van der Waals surface area contributed by atoms with Crippen molar-refractivity contribution in [3.8, 4) is 0 Å². The van der Waals surface area contributed by atoms with Crippen LogP contribution in [0.5, 0.6) is 0 Å². The molecule has 0 unspecified atom stereocenters. The van der Waals surface area contributed by atoms with Gasteiger partial charge in [0.1, 0.15) is 0 Å². The monoisotopic (exact) mass is 363 g/mol. The van der Waals surface area contributed by atoms with Gasteiger partial charge in [0.05, 0.1) is 12.0 Å². The number of nitrogens with one attached hydrogen (secondary N) is 2. The van der Waals surface area contributed by atoms with E-state index in [2.05, 4.69) is 15.5 Å². The van der Waals surface area contributed by atoms with Crippen LogP contribution in [-0.4, -0.2) is 30.9 Å². The molecule has 27 heavy (non-hydrogen) atoms. The van der Waals surface area contributed by atoms with E-state index in [1.807, 2.05) is 48.5 Å². The highest BCUT2D eigenvalue weighted by molar-refractivity contribution is 6.02. The van der Waals surface area contributed by atoms with Gasteiger partial charge in [-0.25, -0.2) is 0 Å². The molecule has 2 N–H and O–H groups in total. The van der Waals surface area contributed by atoms with Crippen LogP contribution < -0.4 is 15.5 Å². The number of hydrogen-bond donors (Lipinski definition) is 2. The molecule has 4 rings (SSSR count). The fourth-order valence-electron chi connectivity index (χ4n) is 3.51. The van der Waals surface area contributed by atoms with Gasteiger partial charge in [0.25, 0.3) is 5.91 Å². The summed E-state index contributed by atoms with van der Waals surface area (Å²) in [5.41, 5.74) is 3.25. The summed E-state index contributed by atoms with van der Waals surface area (Å²) in [6.45, 7) is 1.95. The van der Waals surface area contributed by atoms with E-state index < -0.39 is 0 Å². The largest absolute Gasteiger partial charge is 0.371 e. The molecule has 5 heteroatoms. The fourth-order valence-corrected chi connectivity index (χ4v) is 3.51. The summed E-state index contributed by atoms with van der Waals surface area (Å²) in [7, 11) is 0. The number of carbonyl (C=O) groups is 2. The third kappa shape index (κ3) is 4.48. The molecule has 1 heterocycles. The number of rotatable bonds is 6. The number of hydrogen-bond acceptors (Lipinski definition) is 3. The Hall–Kier alpha value is -2.82. The van der Waals surface area contributed by atoms with Crippen molar-refractivity contribution in [3.05, 3.63) is 59.7 Å². The van der Waals surface area contributed by atoms with Crippen LogP contribution in [0.25, 0.3) is 0 Å². The van der Waals surface area contributed by atoms with E-state index in [0.29, 0.717) is 23.7 Å². The van der Waals surface area contributed by atoms with E-state index in [4.69, 9.17) is 0 Å². The number of nitrogens with zero attached hydrogens (tertiary/aromatic N) is 1. The SMILES string of the molecule is O=C(Cc1ccccc1)Nc1ccc(N2CCCC2)c(C(=O)NC2CC2)c1. The molecule has 2 aromatic rings. The second kappa shape index (κ2) is 7.82. The van der Waals surface area contributed by atoms with E-state index in [0.717, 1.165) is 50.0 Å². The van der Waals surface area contributed by atoms with Gasteiger partial charge in [0.15, 0.2) is 0 Å². The molecule has 2 aliphatic rings. The van der Waals surface area contributed by atoms with Gasteiger partial charge in [-0.05, 0) is 49.4 Å². The Labute approximate surface area is 159 Å². The average molecular weight is 363 g/mol. The molecule has 140 valence electrons. The van der Waals surface area contributed by atoms with Crippen molar-refractivity contribution in [1.29, 1.82) is 0 Å². The molecule has 2 fully saturated rings. The fraction of sp³-hybridized carbons (Fsp3) is 0.364. The molecule has 5 nitrogen and oxygen atoms in total.